The first kappa shape index (κ1) is 6.16. The monoisotopic (exact) mass is 140 g/mol. The molecule has 3 nitrogen and oxygen atoms in total. The summed E-state index contributed by atoms with van der Waals surface area (Å²) in [5, 5.41) is 3.32. The molecule has 2 aliphatic heterocycles. The van der Waals surface area contributed by atoms with Gasteiger partial charge >= 0.3 is 0 Å². The lowest BCUT2D eigenvalue weighted by molar-refractivity contribution is -0.127. The molecule has 0 bridgehead atoms. The Labute approximate surface area is 60.4 Å². The molecule has 0 aromatic carbocycles. The first-order chi connectivity index (χ1) is 4.79. The number of fused-ring (bicyclic) bond motifs is 1. The number of likely N-dealkylation sites (tertiary alicyclic amines) is 1. The summed E-state index contributed by atoms with van der Waals surface area (Å²) in [5.41, 5.74) is 0. The number of amides is 1. The lowest BCUT2D eigenvalue weighted by atomic mass is 10.1. The molecule has 1 N–H and O–H groups in total. The average molecular weight is 140 g/mol. The maximum Gasteiger partial charge on any atom is 0.224 e. The van der Waals surface area contributed by atoms with Gasteiger partial charge in [-0.3, -0.25) is 4.79 Å². The topological polar surface area (TPSA) is 32.3 Å². The van der Waals surface area contributed by atoms with Crippen LogP contribution in [-0.2, 0) is 4.79 Å². The molecular weight excluding hydrogens is 128 g/mol. The summed E-state index contributed by atoms with van der Waals surface area (Å²) >= 11 is 0. The molecule has 56 valence electrons. The Bertz CT molecular complexity index is 169. The number of hydrogen-bond acceptors (Lipinski definition) is 2. The van der Waals surface area contributed by atoms with Gasteiger partial charge in [0.2, 0.25) is 5.91 Å². The summed E-state index contributed by atoms with van der Waals surface area (Å²) < 4.78 is 0. The summed E-state index contributed by atoms with van der Waals surface area (Å²) in [4.78, 5) is 13.0. The fraction of sp³-hybridized carbons (Fsp3) is 0.857. The lowest BCUT2D eigenvalue weighted by Gasteiger charge is -2.16. The second kappa shape index (κ2) is 1.95. The Kier molecular flexibility index (Phi) is 1.20. The highest BCUT2D eigenvalue weighted by Crippen LogP contribution is 2.23. The Morgan fingerprint density at radius 3 is 3.20 bits per heavy atom. The standard InChI is InChI=1S/C7H12N2O/c1-9-6-2-3-8-5(6)4-7(9)10/h5-6,8H,2-4H2,1H3/t5-,6-/m1/s1. The predicted molar refractivity (Wildman–Crippen MR) is 37.6 cm³/mol. The number of nitrogens with one attached hydrogen (secondary N) is 1. The minimum atomic E-state index is 0.294. The Balaban J connectivity index is 2.16. The van der Waals surface area contributed by atoms with Crippen molar-refractivity contribution in [1.82, 2.24) is 10.2 Å². The fourth-order valence-electron chi connectivity index (χ4n) is 1.94. The highest BCUT2D eigenvalue weighted by molar-refractivity contribution is 5.79. The van der Waals surface area contributed by atoms with Gasteiger partial charge in [-0.25, -0.2) is 0 Å². The van der Waals surface area contributed by atoms with Crippen molar-refractivity contribution >= 4 is 5.91 Å². The van der Waals surface area contributed by atoms with Crippen LogP contribution in [0.2, 0.25) is 0 Å². The van der Waals surface area contributed by atoms with Crippen LogP contribution in [0.5, 0.6) is 0 Å². The van der Waals surface area contributed by atoms with E-state index in [9.17, 15) is 4.79 Å². The van der Waals surface area contributed by atoms with Gasteiger partial charge in [-0.15, -0.1) is 0 Å². The van der Waals surface area contributed by atoms with Crippen LogP contribution in [0.25, 0.3) is 0 Å². The largest absolute Gasteiger partial charge is 0.341 e. The van der Waals surface area contributed by atoms with E-state index >= 15 is 0 Å². The molecule has 2 atom stereocenters. The van der Waals surface area contributed by atoms with Crippen molar-refractivity contribution in [3.63, 3.8) is 0 Å². The van der Waals surface area contributed by atoms with Crippen molar-refractivity contribution in [3.8, 4) is 0 Å². The van der Waals surface area contributed by atoms with E-state index in [-0.39, 0.29) is 0 Å². The SMILES string of the molecule is CN1C(=O)C[C@H]2NCC[C@H]21. The third-order valence-electron chi connectivity index (χ3n) is 2.60. The van der Waals surface area contributed by atoms with E-state index in [1.165, 1.54) is 0 Å². The van der Waals surface area contributed by atoms with Crippen LogP contribution in [0.1, 0.15) is 12.8 Å². The van der Waals surface area contributed by atoms with Crippen LogP contribution in [0.3, 0.4) is 0 Å². The molecule has 3 heteroatoms. The zero-order chi connectivity index (χ0) is 7.14. The van der Waals surface area contributed by atoms with Crippen molar-refractivity contribution in [2.45, 2.75) is 24.9 Å². The number of likely N-dealkylation sites (N-methyl/N-ethyl adjacent to an activating group) is 1. The summed E-state index contributed by atoms with van der Waals surface area (Å²) in [6.45, 7) is 1.08. The molecular formula is C7H12N2O. The molecule has 1 amide bonds. The summed E-state index contributed by atoms with van der Waals surface area (Å²) in [6.07, 6.45) is 1.84. The Morgan fingerprint density at radius 2 is 2.50 bits per heavy atom. The summed E-state index contributed by atoms with van der Waals surface area (Å²) in [7, 11) is 1.90. The van der Waals surface area contributed by atoms with Gasteiger partial charge in [0, 0.05) is 25.6 Å². The van der Waals surface area contributed by atoms with Gasteiger partial charge in [-0.2, -0.15) is 0 Å². The average Bonchev–Trinajstić information content (AvgIpc) is 2.41. The zero-order valence-corrected chi connectivity index (χ0v) is 6.13. The van der Waals surface area contributed by atoms with Crippen molar-refractivity contribution < 1.29 is 4.79 Å². The molecule has 2 saturated heterocycles. The molecule has 0 aliphatic carbocycles. The van der Waals surface area contributed by atoms with Gasteiger partial charge in [0.15, 0.2) is 0 Å². The summed E-state index contributed by atoms with van der Waals surface area (Å²) in [6, 6.07) is 0.949. The molecule has 0 unspecified atom stereocenters. The normalized spacial score (nSPS) is 38.9. The maximum absolute atomic E-state index is 11.1. The number of nitrogens with zero attached hydrogens (tertiary/aromatic N) is 1. The van der Waals surface area contributed by atoms with Crippen LogP contribution in [0.4, 0.5) is 0 Å². The van der Waals surface area contributed by atoms with E-state index in [2.05, 4.69) is 5.32 Å². The van der Waals surface area contributed by atoms with Crippen LogP contribution in [-0.4, -0.2) is 36.5 Å². The molecule has 2 heterocycles. The van der Waals surface area contributed by atoms with Gasteiger partial charge in [0.05, 0.1) is 0 Å². The van der Waals surface area contributed by atoms with E-state index in [0.717, 1.165) is 13.0 Å². The third kappa shape index (κ3) is 0.669. The minimum absolute atomic E-state index is 0.294. The quantitative estimate of drug-likeness (QED) is 0.495. The van der Waals surface area contributed by atoms with E-state index in [0.29, 0.717) is 24.4 Å². The third-order valence-corrected chi connectivity index (χ3v) is 2.60. The molecule has 2 fully saturated rings. The molecule has 0 aromatic rings. The second-order valence-electron chi connectivity index (χ2n) is 3.13. The molecule has 10 heavy (non-hydrogen) atoms. The van der Waals surface area contributed by atoms with Crippen molar-refractivity contribution in [2.75, 3.05) is 13.6 Å². The number of hydrogen-bond donors (Lipinski definition) is 1. The predicted octanol–water partition coefficient (Wildman–Crippen LogP) is -0.421. The second-order valence-corrected chi connectivity index (χ2v) is 3.13. The van der Waals surface area contributed by atoms with Crippen LogP contribution >= 0.6 is 0 Å². The molecule has 0 aromatic heterocycles. The van der Waals surface area contributed by atoms with Gasteiger partial charge in [-0.1, -0.05) is 0 Å². The highest BCUT2D eigenvalue weighted by atomic mass is 16.2. The first-order valence-corrected chi connectivity index (χ1v) is 3.78. The van der Waals surface area contributed by atoms with Gasteiger partial charge < -0.3 is 10.2 Å². The van der Waals surface area contributed by atoms with E-state index in [1.54, 1.807) is 0 Å². The van der Waals surface area contributed by atoms with Crippen molar-refractivity contribution in [3.05, 3.63) is 0 Å². The van der Waals surface area contributed by atoms with E-state index in [4.69, 9.17) is 0 Å². The zero-order valence-electron chi connectivity index (χ0n) is 6.13. The molecule has 2 rings (SSSR count). The smallest absolute Gasteiger partial charge is 0.224 e. The van der Waals surface area contributed by atoms with Crippen molar-refractivity contribution in [2.24, 2.45) is 0 Å². The van der Waals surface area contributed by atoms with Crippen LogP contribution in [0, 0.1) is 0 Å². The molecule has 2 aliphatic rings. The molecule has 0 radical (unpaired) electrons. The van der Waals surface area contributed by atoms with E-state index in [1.807, 2.05) is 11.9 Å². The van der Waals surface area contributed by atoms with Crippen molar-refractivity contribution in [1.29, 1.82) is 0 Å². The molecule has 0 saturated carbocycles. The Hall–Kier alpha value is -0.570. The number of carbonyl (C=O) groups is 1. The lowest BCUT2D eigenvalue weighted by Crippen LogP contribution is -2.32. The fourth-order valence-corrected chi connectivity index (χ4v) is 1.94. The number of carbonyl (C=O) groups excluding carboxylic acids is 1. The summed E-state index contributed by atoms with van der Waals surface area (Å²) in [5.74, 6) is 0.294. The Morgan fingerprint density at radius 1 is 1.70 bits per heavy atom. The van der Waals surface area contributed by atoms with Gasteiger partial charge in [0.1, 0.15) is 0 Å². The van der Waals surface area contributed by atoms with Crippen LogP contribution in [0.15, 0.2) is 0 Å². The first-order valence-electron chi connectivity index (χ1n) is 3.78. The maximum atomic E-state index is 11.1. The minimum Gasteiger partial charge on any atom is -0.341 e. The number of rotatable bonds is 0. The highest BCUT2D eigenvalue weighted by Gasteiger charge is 2.39. The van der Waals surface area contributed by atoms with Gasteiger partial charge in [-0.05, 0) is 13.0 Å². The molecule has 0 spiro atoms. The van der Waals surface area contributed by atoms with E-state index < -0.39 is 0 Å². The van der Waals surface area contributed by atoms with Gasteiger partial charge in [0.25, 0.3) is 0 Å². The van der Waals surface area contributed by atoms with Crippen LogP contribution < -0.4 is 5.32 Å².